The first kappa shape index (κ1) is 19.8. The highest BCUT2D eigenvalue weighted by atomic mass is 16.5. The Labute approximate surface area is 172 Å². The lowest BCUT2D eigenvalue weighted by Crippen LogP contribution is -2.53. The summed E-state index contributed by atoms with van der Waals surface area (Å²) in [6.07, 6.45) is 7.71. The molecule has 154 valence electrons. The lowest BCUT2D eigenvalue weighted by molar-refractivity contribution is -0.132. The normalized spacial score (nSPS) is 18.8. The fourth-order valence-electron chi connectivity index (χ4n) is 4.28. The molecule has 0 N–H and O–H groups in total. The van der Waals surface area contributed by atoms with Crippen molar-refractivity contribution in [3.8, 4) is 5.75 Å². The summed E-state index contributed by atoms with van der Waals surface area (Å²) in [5.74, 6) is 1.95. The maximum absolute atomic E-state index is 12.2. The Balaban J connectivity index is 1.43. The number of para-hydroxylation sites is 1. The van der Waals surface area contributed by atoms with Crippen molar-refractivity contribution in [2.75, 3.05) is 19.6 Å². The number of likely N-dealkylation sites (tertiary alicyclic amines) is 1. The minimum atomic E-state index is -0.309. The molecule has 6 heteroatoms. The van der Waals surface area contributed by atoms with E-state index in [0.717, 1.165) is 68.0 Å². The molecular weight excluding hydrogens is 364 g/mol. The summed E-state index contributed by atoms with van der Waals surface area (Å²) in [4.78, 5) is 25.5. The molecule has 0 saturated carbocycles. The van der Waals surface area contributed by atoms with Gasteiger partial charge in [0.25, 0.3) is 0 Å². The summed E-state index contributed by atoms with van der Waals surface area (Å²) in [7, 11) is 0. The molecule has 0 atom stereocenters. The van der Waals surface area contributed by atoms with E-state index in [4.69, 9.17) is 4.74 Å². The highest BCUT2D eigenvalue weighted by Gasteiger charge is 2.41. The standard InChI is InChI=1S/C23H30N4O2/c1-3-6-22-24-13-19(14-25-22)15-26-11-9-23(10-12-26)17-27(18(2)28)16-20-7-4-5-8-21(20)29-23/h4-5,7-8,13-14H,3,6,9-12,15-17H2,1-2H3. The van der Waals surface area contributed by atoms with E-state index < -0.39 is 0 Å². The van der Waals surface area contributed by atoms with Crippen LogP contribution in [0.2, 0.25) is 0 Å². The van der Waals surface area contributed by atoms with Gasteiger partial charge in [0.1, 0.15) is 17.2 Å². The number of rotatable bonds is 4. The predicted octanol–water partition coefficient (Wildman–Crippen LogP) is 3.20. The number of fused-ring (bicyclic) bond motifs is 1. The summed E-state index contributed by atoms with van der Waals surface area (Å²) in [6.45, 7) is 7.80. The number of hydrogen-bond acceptors (Lipinski definition) is 5. The van der Waals surface area contributed by atoms with Gasteiger partial charge in [-0.3, -0.25) is 9.69 Å². The van der Waals surface area contributed by atoms with Gasteiger partial charge in [0.05, 0.1) is 6.54 Å². The average molecular weight is 395 g/mol. The van der Waals surface area contributed by atoms with Crippen molar-refractivity contribution in [3.63, 3.8) is 0 Å². The van der Waals surface area contributed by atoms with E-state index in [1.807, 2.05) is 35.5 Å². The summed E-state index contributed by atoms with van der Waals surface area (Å²) in [5, 5.41) is 0. The van der Waals surface area contributed by atoms with Gasteiger partial charge in [-0.05, 0) is 12.5 Å². The van der Waals surface area contributed by atoms with Crippen molar-refractivity contribution in [2.24, 2.45) is 0 Å². The Morgan fingerprint density at radius 2 is 1.90 bits per heavy atom. The number of carbonyl (C=O) groups is 1. The van der Waals surface area contributed by atoms with Crippen molar-refractivity contribution in [1.82, 2.24) is 19.8 Å². The molecule has 0 unspecified atom stereocenters. The zero-order chi connectivity index (χ0) is 20.3. The minimum absolute atomic E-state index is 0.108. The maximum atomic E-state index is 12.2. The lowest BCUT2D eigenvalue weighted by Gasteiger charge is -2.42. The fourth-order valence-corrected chi connectivity index (χ4v) is 4.28. The van der Waals surface area contributed by atoms with Crippen molar-refractivity contribution >= 4 is 5.91 Å². The third kappa shape index (κ3) is 4.58. The molecule has 1 spiro atoms. The van der Waals surface area contributed by atoms with Crippen LogP contribution >= 0.6 is 0 Å². The van der Waals surface area contributed by atoms with Crippen molar-refractivity contribution in [1.29, 1.82) is 0 Å². The molecule has 0 bridgehead atoms. The molecule has 2 aliphatic rings. The number of aryl methyl sites for hydroxylation is 1. The van der Waals surface area contributed by atoms with Gasteiger partial charge in [0.2, 0.25) is 5.91 Å². The number of aromatic nitrogens is 2. The molecule has 2 aromatic rings. The Morgan fingerprint density at radius 3 is 2.59 bits per heavy atom. The number of piperidine rings is 1. The van der Waals surface area contributed by atoms with Gasteiger partial charge in [-0.25, -0.2) is 9.97 Å². The van der Waals surface area contributed by atoms with Crippen molar-refractivity contribution < 1.29 is 9.53 Å². The maximum Gasteiger partial charge on any atom is 0.219 e. The van der Waals surface area contributed by atoms with Gasteiger partial charge in [-0.15, -0.1) is 0 Å². The number of nitrogens with zero attached hydrogens (tertiary/aromatic N) is 4. The van der Waals surface area contributed by atoms with Crippen LogP contribution in [0.3, 0.4) is 0 Å². The molecule has 0 aliphatic carbocycles. The van der Waals surface area contributed by atoms with Crippen LogP contribution in [0.25, 0.3) is 0 Å². The molecule has 29 heavy (non-hydrogen) atoms. The average Bonchev–Trinajstić information content (AvgIpc) is 2.88. The molecule has 6 nitrogen and oxygen atoms in total. The van der Waals surface area contributed by atoms with E-state index in [-0.39, 0.29) is 11.5 Å². The Kier molecular flexibility index (Phi) is 5.81. The molecule has 1 aromatic heterocycles. The lowest BCUT2D eigenvalue weighted by atomic mass is 9.90. The number of ether oxygens (including phenoxy) is 1. The molecule has 1 aromatic carbocycles. The molecule has 1 amide bonds. The molecule has 3 heterocycles. The van der Waals surface area contributed by atoms with Crippen LogP contribution in [0, 0.1) is 0 Å². The second-order valence-corrected chi connectivity index (χ2v) is 8.30. The monoisotopic (exact) mass is 394 g/mol. The van der Waals surface area contributed by atoms with E-state index in [0.29, 0.717) is 13.1 Å². The Morgan fingerprint density at radius 1 is 1.17 bits per heavy atom. The fraction of sp³-hybridized carbons (Fsp3) is 0.522. The van der Waals surface area contributed by atoms with Crippen molar-refractivity contribution in [2.45, 2.75) is 58.2 Å². The topological polar surface area (TPSA) is 58.6 Å². The number of amides is 1. The van der Waals surface area contributed by atoms with Gasteiger partial charge in [0, 0.05) is 75.9 Å². The summed E-state index contributed by atoms with van der Waals surface area (Å²) >= 11 is 0. The van der Waals surface area contributed by atoms with E-state index in [1.54, 1.807) is 6.92 Å². The van der Waals surface area contributed by atoms with Crippen LogP contribution in [-0.4, -0.2) is 50.9 Å². The third-order valence-electron chi connectivity index (χ3n) is 5.99. The minimum Gasteiger partial charge on any atom is -0.485 e. The number of benzene rings is 1. The first-order valence-electron chi connectivity index (χ1n) is 10.6. The summed E-state index contributed by atoms with van der Waals surface area (Å²) in [6, 6.07) is 8.10. The SMILES string of the molecule is CCCc1ncc(CN2CCC3(CC2)CN(C(C)=O)Cc2ccccc2O3)cn1. The first-order chi connectivity index (χ1) is 14.1. The highest BCUT2D eigenvalue weighted by molar-refractivity contribution is 5.73. The first-order valence-corrected chi connectivity index (χ1v) is 10.6. The van der Waals surface area contributed by atoms with Crippen LogP contribution in [-0.2, 0) is 24.3 Å². The van der Waals surface area contributed by atoms with Gasteiger partial charge in [-0.1, -0.05) is 25.1 Å². The molecule has 2 aliphatic heterocycles. The zero-order valence-electron chi connectivity index (χ0n) is 17.4. The van der Waals surface area contributed by atoms with Crippen LogP contribution < -0.4 is 4.74 Å². The second kappa shape index (κ2) is 8.49. The molecule has 4 rings (SSSR count). The van der Waals surface area contributed by atoms with E-state index in [2.05, 4.69) is 27.9 Å². The molecule has 1 saturated heterocycles. The largest absolute Gasteiger partial charge is 0.485 e. The second-order valence-electron chi connectivity index (χ2n) is 8.30. The van der Waals surface area contributed by atoms with E-state index in [9.17, 15) is 4.79 Å². The molecule has 0 radical (unpaired) electrons. The zero-order valence-corrected chi connectivity index (χ0v) is 17.4. The molecular formula is C23H30N4O2. The summed E-state index contributed by atoms with van der Waals surface area (Å²) < 4.78 is 6.56. The van der Waals surface area contributed by atoms with Crippen molar-refractivity contribution in [3.05, 3.63) is 53.6 Å². The van der Waals surface area contributed by atoms with Crippen LogP contribution in [0.5, 0.6) is 5.75 Å². The number of hydrogen-bond donors (Lipinski definition) is 0. The van der Waals surface area contributed by atoms with Gasteiger partial charge in [-0.2, -0.15) is 0 Å². The summed E-state index contributed by atoms with van der Waals surface area (Å²) in [5.41, 5.74) is 1.93. The van der Waals surface area contributed by atoms with Crippen LogP contribution in [0.4, 0.5) is 0 Å². The third-order valence-corrected chi connectivity index (χ3v) is 5.99. The molecule has 1 fully saturated rings. The van der Waals surface area contributed by atoms with Crippen LogP contribution in [0.15, 0.2) is 36.7 Å². The van der Waals surface area contributed by atoms with Crippen LogP contribution in [0.1, 0.15) is 50.1 Å². The van der Waals surface area contributed by atoms with Gasteiger partial charge >= 0.3 is 0 Å². The van der Waals surface area contributed by atoms with E-state index in [1.165, 1.54) is 0 Å². The number of carbonyl (C=O) groups excluding carboxylic acids is 1. The van der Waals surface area contributed by atoms with Gasteiger partial charge < -0.3 is 9.64 Å². The van der Waals surface area contributed by atoms with Gasteiger partial charge in [0.15, 0.2) is 0 Å². The predicted molar refractivity (Wildman–Crippen MR) is 111 cm³/mol. The Bertz CT molecular complexity index is 844. The van der Waals surface area contributed by atoms with E-state index >= 15 is 0 Å². The Hall–Kier alpha value is -2.47. The quantitative estimate of drug-likeness (QED) is 0.797. The highest BCUT2D eigenvalue weighted by Crippen LogP contribution is 2.35. The smallest absolute Gasteiger partial charge is 0.219 e.